The van der Waals surface area contributed by atoms with Crippen LogP contribution in [0.2, 0.25) is 0 Å². The van der Waals surface area contributed by atoms with E-state index in [1.165, 1.54) is 12.8 Å². The highest BCUT2D eigenvalue weighted by Gasteiger charge is 2.24. The van der Waals surface area contributed by atoms with Gasteiger partial charge in [0.1, 0.15) is 11.8 Å². The molecular formula is C20H28N4O3. The van der Waals surface area contributed by atoms with E-state index in [9.17, 15) is 4.79 Å². The molecule has 1 fully saturated rings. The monoisotopic (exact) mass is 372 g/mol. The highest BCUT2D eigenvalue weighted by atomic mass is 16.5. The number of methoxy groups -OCH3 is 1. The summed E-state index contributed by atoms with van der Waals surface area (Å²) in [7, 11) is 1.60. The van der Waals surface area contributed by atoms with Crippen LogP contribution in [0.3, 0.4) is 0 Å². The van der Waals surface area contributed by atoms with E-state index in [0.29, 0.717) is 35.7 Å². The van der Waals surface area contributed by atoms with Crippen LogP contribution in [0.4, 0.5) is 0 Å². The fraction of sp³-hybridized carbons (Fsp3) is 0.550. The summed E-state index contributed by atoms with van der Waals surface area (Å²) in [5, 5.41) is 10.4. The van der Waals surface area contributed by atoms with Gasteiger partial charge in [-0.2, -0.15) is 4.98 Å². The van der Waals surface area contributed by atoms with Crippen LogP contribution in [-0.4, -0.2) is 36.2 Å². The SMILES string of the molecule is COc1ccccc1-c1noc(C(C)NC(=O)CC(C)C2CCCNC2)n1. The molecule has 3 atom stereocenters. The number of ether oxygens (including phenoxy) is 1. The zero-order valence-electron chi connectivity index (χ0n) is 16.2. The molecule has 0 bridgehead atoms. The van der Waals surface area contributed by atoms with E-state index < -0.39 is 0 Å². The summed E-state index contributed by atoms with van der Waals surface area (Å²) in [5.41, 5.74) is 0.756. The Labute approximate surface area is 159 Å². The number of hydrogen-bond donors (Lipinski definition) is 2. The molecule has 2 heterocycles. The lowest BCUT2D eigenvalue weighted by Gasteiger charge is -2.28. The fourth-order valence-corrected chi connectivity index (χ4v) is 3.54. The van der Waals surface area contributed by atoms with Crippen molar-refractivity contribution < 1.29 is 14.1 Å². The summed E-state index contributed by atoms with van der Waals surface area (Å²) in [6.45, 7) is 6.08. The van der Waals surface area contributed by atoms with Gasteiger partial charge in [0.25, 0.3) is 0 Å². The Balaban J connectivity index is 1.59. The number of nitrogens with one attached hydrogen (secondary N) is 2. The molecule has 27 heavy (non-hydrogen) atoms. The summed E-state index contributed by atoms with van der Waals surface area (Å²) < 4.78 is 10.7. The smallest absolute Gasteiger partial charge is 0.249 e. The van der Waals surface area contributed by atoms with Crippen LogP contribution in [-0.2, 0) is 4.79 Å². The Bertz CT molecular complexity index is 755. The molecule has 0 spiro atoms. The lowest BCUT2D eigenvalue weighted by Crippen LogP contribution is -2.36. The first-order valence-electron chi connectivity index (χ1n) is 9.55. The predicted octanol–water partition coefficient (Wildman–Crippen LogP) is 2.95. The van der Waals surface area contributed by atoms with Gasteiger partial charge in [-0.15, -0.1) is 0 Å². The minimum Gasteiger partial charge on any atom is -0.496 e. The van der Waals surface area contributed by atoms with E-state index in [4.69, 9.17) is 9.26 Å². The van der Waals surface area contributed by atoms with Crippen molar-refractivity contribution in [2.24, 2.45) is 11.8 Å². The largest absolute Gasteiger partial charge is 0.496 e. The van der Waals surface area contributed by atoms with Gasteiger partial charge >= 0.3 is 0 Å². The van der Waals surface area contributed by atoms with E-state index in [1.807, 2.05) is 31.2 Å². The van der Waals surface area contributed by atoms with E-state index in [2.05, 4.69) is 27.7 Å². The van der Waals surface area contributed by atoms with Crippen molar-refractivity contribution in [3.05, 3.63) is 30.2 Å². The van der Waals surface area contributed by atoms with Crippen molar-refractivity contribution in [3.8, 4) is 17.1 Å². The number of hydrogen-bond acceptors (Lipinski definition) is 6. The molecule has 0 radical (unpaired) electrons. The van der Waals surface area contributed by atoms with Crippen LogP contribution in [0.25, 0.3) is 11.4 Å². The van der Waals surface area contributed by atoms with Gasteiger partial charge in [0, 0.05) is 6.42 Å². The highest BCUT2D eigenvalue weighted by Crippen LogP contribution is 2.28. The van der Waals surface area contributed by atoms with Gasteiger partial charge in [0.05, 0.1) is 12.7 Å². The number of piperidine rings is 1. The summed E-state index contributed by atoms with van der Waals surface area (Å²) in [5.74, 6) is 2.42. The van der Waals surface area contributed by atoms with E-state index in [1.54, 1.807) is 7.11 Å². The summed E-state index contributed by atoms with van der Waals surface area (Å²) in [4.78, 5) is 16.8. The molecule has 1 aromatic heterocycles. The maximum atomic E-state index is 12.4. The quantitative estimate of drug-likeness (QED) is 0.777. The molecule has 3 rings (SSSR count). The van der Waals surface area contributed by atoms with Gasteiger partial charge in [0.15, 0.2) is 0 Å². The normalized spacial score (nSPS) is 19.3. The molecule has 1 saturated heterocycles. The van der Waals surface area contributed by atoms with Gasteiger partial charge in [-0.3, -0.25) is 4.79 Å². The second kappa shape index (κ2) is 8.99. The van der Waals surface area contributed by atoms with E-state index in [-0.39, 0.29) is 11.9 Å². The number of amides is 1. The number of carbonyl (C=O) groups is 1. The lowest BCUT2D eigenvalue weighted by atomic mass is 9.85. The Kier molecular flexibility index (Phi) is 6.45. The third kappa shape index (κ3) is 4.86. The number of aromatic nitrogens is 2. The topological polar surface area (TPSA) is 89.3 Å². The van der Waals surface area contributed by atoms with Gasteiger partial charge in [-0.25, -0.2) is 0 Å². The molecular weight excluding hydrogens is 344 g/mol. The Hall–Kier alpha value is -2.41. The number of rotatable bonds is 7. The van der Waals surface area contributed by atoms with Gasteiger partial charge in [-0.1, -0.05) is 24.2 Å². The standard InChI is InChI=1S/C20H28N4O3/c1-13(15-7-6-10-21-12-15)11-18(25)22-14(2)20-23-19(24-27-20)16-8-4-5-9-17(16)26-3/h4-5,8-9,13-15,21H,6-7,10-12H2,1-3H3,(H,22,25). The molecule has 146 valence electrons. The molecule has 2 N–H and O–H groups in total. The van der Waals surface area contributed by atoms with Crippen molar-refractivity contribution in [1.29, 1.82) is 0 Å². The number of nitrogens with zero attached hydrogens (tertiary/aromatic N) is 2. The molecule has 1 amide bonds. The van der Waals surface area contributed by atoms with Crippen molar-refractivity contribution in [1.82, 2.24) is 20.8 Å². The van der Waals surface area contributed by atoms with E-state index in [0.717, 1.165) is 18.7 Å². The highest BCUT2D eigenvalue weighted by molar-refractivity contribution is 5.76. The first-order chi connectivity index (χ1) is 13.1. The summed E-state index contributed by atoms with van der Waals surface area (Å²) >= 11 is 0. The number of benzene rings is 1. The number of carbonyl (C=O) groups excluding carboxylic acids is 1. The molecule has 3 unspecified atom stereocenters. The first kappa shape index (κ1) is 19.4. The minimum absolute atomic E-state index is 0.0117. The van der Waals surface area contributed by atoms with Crippen LogP contribution in [0.15, 0.2) is 28.8 Å². The fourth-order valence-electron chi connectivity index (χ4n) is 3.54. The van der Waals surface area contributed by atoms with Crippen molar-refractivity contribution in [2.45, 2.75) is 39.2 Å². The first-order valence-corrected chi connectivity index (χ1v) is 9.55. The van der Waals surface area contributed by atoms with Crippen molar-refractivity contribution >= 4 is 5.91 Å². The molecule has 1 aromatic carbocycles. The van der Waals surface area contributed by atoms with Gasteiger partial charge in [0.2, 0.25) is 17.6 Å². The van der Waals surface area contributed by atoms with E-state index >= 15 is 0 Å². The van der Waals surface area contributed by atoms with Crippen LogP contribution >= 0.6 is 0 Å². The third-order valence-corrected chi connectivity index (χ3v) is 5.18. The summed E-state index contributed by atoms with van der Waals surface area (Å²) in [6.07, 6.45) is 2.87. The molecule has 1 aliphatic rings. The zero-order valence-corrected chi connectivity index (χ0v) is 16.2. The molecule has 0 aliphatic carbocycles. The van der Waals surface area contributed by atoms with Gasteiger partial charge < -0.3 is 19.9 Å². The Morgan fingerprint density at radius 2 is 2.22 bits per heavy atom. The Morgan fingerprint density at radius 3 is 2.96 bits per heavy atom. The minimum atomic E-state index is -0.342. The van der Waals surface area contributed by atoms with Crippen LogP contribution in [0.1, 0.15) is 45.0 Å². The maximum absolute atomic E-state index is 12.4. The van der Waals surface area contributed by atoms with Gasteiger partial charge in [-0.05, 0) is 56.8 Å². The predicted molar refractivity (Wildman–Crippen MR) is 102 cm³/mol. The third-order valence-electron chi connectivity index (χ3n) is 5.18. The molecule has 0 saturated carbocycles. The molecule has 7 nitrogen and oxygen atoms in total. The van der Waals surface area contributed by atoms with Crippen LogP contribution < -0.4 is 15.4 Å². The average Bonchev–Trinajstić information content (AvgIpc) is 3.18. The molecule has 2 aromatic rings. The second-order valence-corrected chi connectivity index (χ2v) is 7.23. The lowest BCUT2D eigenvalue weighted by molar-refractivity contribution is -0.123. The molecule has 7 heteroatoms. The second-order valence-electron chi connectivity index (χ2n) is 7.23. The molecule has 1 aliphatic heterocycles. The van der Waals surface area contributed by atoms with Crippen molar-refractivity contribution in [3.63, 3.8) is 0 Å². The maximum Gasteiger partial charge on any atom is 0.249 e. The van der Waals surface area contributed by atoms with Crippen molar-refractivity contribution in [2.75, 3.05) is 20.2 Å². The van der Waals surface area contributed by atoms with Crippen LogP contribution in [0, 0.1) is 11.8 Å². The Morgan fingerprint density at radius 1 is 1.41 bits per heavy atom. The van der Waals surface area contributed by atoms with Crippen LogP contribution in [0.5, 0.6) is 5.75 Å². The summed E-state index contributed by atoms with van der Waals surface area (Å²) in [6, 6.07) is 7.15. The average molecular weight is 372 g/mol. The number of para-hydroxylation sites is 1. The zero-order chi connectivity index (χ0) is 19.2.